The number of carbonyl (C=O) groups excluding carboxylic acids is 1. The average Bonchev–Trinajstić information content (AvgIpc) is 2.96. The molecule has 2 N–H and O–H groups in total. The van der Waals surface area contributed by atoms with Crippen LogP contribution in [0.2, 0.25) is 0 Å². The molecule has 0 aliphatic carbocycles. The molecule has 2 rings (SSSR count). The second kappa shape index (κ2) is 6.34. The van der Waals surface area contributed by atoms with Gasteiger partial charge in [-0.05, 0) is 18.6 Å². The number of alkyl halides is 3. The topological polar surface area (TPSA) is 113 Å². The van der Waals surface area contributed by atoms with Crippen molar-refractivity contribution in [2.75, 3.05) is 18.4 Å². The Labute approximate surface area is 133 Å². The fourth-order valence-electron chi connectivity index (χ4n) is 2.35. The third kappa shape index (κ3) is 3.73. The summed E-state index contributed by atoms with van der Waals surface area (Å²) >= 11 is 0. The van der Waals surface area contributed by atoms with E-state index in [0.29, 0.717) is 12.1 Å². The average molecular weight is 347 g/mol. The van der Waals surface area contributed by atoms with Crippen molar-refractivity contribution in [1.29, 1.82) is 0 Å². The Bertz CT molecular complexity index is 692. The van der Waals surface area contributed by atoms with Crippen LogP contribution >= 0.6 is 0 Å². The summed E-state index contributed by atoms with van der Waals surface area (Å²) in [5.41, 5.74) is -2.86. The van der Waals surface area contributed by atoms with Gasteiger partial charge in [0.15, 0.2) is 0 Å². The van der Waals surface area contributed by atoms with E-state index in [1.807, 2.05) is 0 Å². The zero-order valence-corrected chi connectivity index (χ0v) is 12.0. The van der Waals surface area contributed by atoms with E-state index in [9.17, 15) is 32.9 Å². The number of carbonyl (C=O) groups is 2. The molecule has 24 heavy (non-hydrogen) atoms. The SMILES string of the molecule is O=C(O)C1CCN(C(=O)Nc2ccc([N+](=O)[O-])c(C(F)(F)F)c2)C1. The Morgan fingerprint density at radius 2 is 2.04 bits per heavy atom. The Hall–Kier alpha value is -2.85. The van der Waals surface area contributed by atoms with Crippen molar-refractivity contribution in [3.8, 4) is 0 Å². The lowest BCUT2D eigenvalue weighted by Crippen LogP contribution is -2.33. The van der Waals surface area contributed by atoms with Crippen LogP contribution in [0.1, 0.15) is 12.0 Å². The summed E-state index contributed by atoms with van der Waals surface area (Å²) < 4.78 is 38.6. The van der Waals surface area contributed by atoms with Crippen LogP contribution in [0.4, 0.5) is 29.3 Å². The zero-order chi connectivity index (χ0) is 18.1. The first-order chi connectivity index (χ1) is 11.1. The van der Waals surface area contributed by atoms with Crippen molar-refractivity contribution in [2.24, 2.45) is 5.92 Å². The van der Waals surface area contributed by atoms with Crippen molar-refractivity contribution >= 4 is 23.4 Å². The van der Waals surface area contributed by atoms with Crippen molar-refractivity contribution in [3.05, 3.63) is 33.9 Å². The Morgan fingerprint density at radius 1 is 1.38 bits per heavy atom. The number of likely N-dealkylation sites (tertiary alicyclic amines) is 1. The molecule has 1 aliphatic rings. The maximum Gasteiger partial charge on any atom is 0.423 e. The largest absolute Gasteiger partial charge is 0.481 e. The van der Waals surface area contributed by atoms with Gasteiger partial charge >= 0.3 is 18.2 Å². The van der Waals surface area contributed by atoms with Gasteiger partial charge in [-0.15, -0.1) is 0 Å². The van der Waals surface area contributed by atoms with E-state index in [0.717, 1.165) is 11.0 Å². The number of amides is 2. The number of nitro benzene ring substituents is 1. The molecule has 1 heterocycles. The second-order valence-corrected chi connectivity index (χ2v) is 5.19. The number of nitro groups is 1. The smallest absolute Gasteiger partial charge is 0.423 e. The van der Waals surface area contributed by atoms with E-state index in [1.54, 1.807) is 0 Å². The molecule has 0 aromatic heterocycles. The van der Waals surface area contributed by atoms with Crippen LogP contribution < -0.4 is 5.32 Å². The van der Waals surface area contributed by atoms with Crippen LogP contribution in [0.25, 0.3) is 0 Å². The minimum absolute atomic E-state index is 0.0553. The molecule has 1 fully saturated rings. The molecule has 1 aromatic carbocycles. The fraction of sp³-hybridized carbons (Fsp3) is 0.385. The molecule has 1 unspecified atom stereocenters. The maximum absolute atomic E-state index is 12.9. The van der Waals surface area contributed by atoms with Gasteiger partial charge in [-0.25, -0.2) is 4.79 Å². The monoisotopic (exact) mass is 347 g/mol. The molecular weight excluding hydrogens is 335 g/mol. The van der Waals surface area contributed by atoms with Gasteiger partial charge in [0.1, 0.15) is 5.56 Å². The summed E-state index contributed by atoms with van der Waals surface area (Å²) in [4.78, 5) is 33.5. The van der Waals surface area contributed by atoms with Crippen LogP contribution in [0, 0.1) is 16.0 Å². The molecular formula is C13H12F3N3O5. The number of carboxylic acids is 1. The molecule has 0 saturated carbocycles. The van der Waals surface area contributed by atoms with E-state index in [1.165, 1.54) is 0 Å². The molecule has 0 radical (unpaired) electrons. The van der Waals surface area contributed by atoms with E-state index >= 15 is 0 Å². The minimum atomic E-state index is -4.95. The summed E-state index contributed by atoms with van der Waals surface area (Å²) in [6.45, 7) is 0.0994. The molecule has 1 aromatic rings. The van der Waals surface area contributed by atoms with E-state index in [2.05, 4.69) is 5.32 Å². The normalized spacial score (nSPS) is 17.6. The number of nitrogens with zero attached hydrogens (tertiary/aromatic N) is 2. The van der Waals surface area contributed by atoms with Gasteiger partial charge < -0.3 is 15.3 Å². The van der Waals surface area contributed by atoms with Crippen LogP contribution in [0.5, 0.6) is 0 Å². The van der Waals surface area contributed by atoms with Crippen LogP contribution in [0.3, 0.4) is 0 Å². The highest BCUT2D eigenvalue weighted by molar-refractivity contribution is 5.90. The molecule has 0 bridgehead atoms. The number of anilines is 1. The molecule has 0 spiro atoms. The second-order valence-electron chi connectivity index (χ2n) is 5.19. The number of urea groups is 1. The highest BCUT2D eigenvalue weighted by Gasteiger charge is 2.38. The van der Waals surface area contributed by atoms with E-state index in [4.69, 9.17) is 5.11 Å². The standard InChI is InChI=1S/C13H12F3N3O5/c14-13(15,16)9-5-8(1-2-10(9)19(23)24)17-12(22)18-4-3-7(6-18)11(20)21/h1-2,5,7H,3-4,6H2,(H,17,22)(H,20,21). The highest BCUT2D eigenvalue weighted by atomic mass is 19.4. The van der Waals surface area contributed by atoms with Crippen molar-refractivity contribution in [2.45, 2.75) is 12.6 Å². The molecule has 1 saturated heterocycles. The van der Waals surface area contributed by atoms with Gasteiger partial charge in [0, 0.05) is 24.8 Å². The first-order valence-electron chi connectivity index (χ1n) is 6.74. The number of hydrogen-bond acceptors (Lipinski definition) is 4. The van der Waals surface area contributed by atoms with Gasteiger partial charge in [0.05, 0.1) is 10.8 Å². The fourth-order valence-corrected chi connectivity index (χ4v) is 2.35. The predicted molar refractivity (Wildman–Crippen MR) is 74.4 cm³/mol. The number of hydrogen-bond donors (Lipinski definition) is 2. The number of carboxylic acid groups (broad SMARTS) is 1. The van der Waals surface area contributed by atoms with Gasteiger partial charge in [-0.3, -0.25) is 14.9 Å². The molecule has 8 nitrogen and oxygen atoms in total. The van der Waals surface area contributed by atoms with Crippen molar-refractivity contribution < 1.29 is 32.8 Å². The van der Waals surface area contributed by atoms with Gasteiger partial charge in [-0.1, -0.05) is 0 Å². The van der Waals surface area contributed by atoms with E-state index in [-0.39, 0.29) is 25.2 Å². The van der Waals surface area contributed by atoms with Gasteiger partial charge in [-0.2, -0.15) is 13.2 Å². The first-order valence-corrected chi connectivity index (χ1v) is 6.74. The molecule has 1 atom stereocenters. The number of benzene rings is 1. The number of nitrogens with one attached hydrogen (secondary N) is 1. The highest BCUT2D eigenvalue weighted by Crippen LogP contribution is 2.37. The third-order valence-corrected chi connectivity index (χ3v) is 3.57. The lowest BCUT2D eigenvalue weighted by molar-refractivity contribution is -0.388. The zero-order valence-electron chi connectivity index (χ0n) is 12.0. The minimum Gasteiger partial charge on any atom is -0.481 e. The summed E-state index contributed by atoms with van der Waals surface area (Å²) in [6, 6.07) is 1.35. The number of rotatable bonds is 3. The maximum atomic E-state index is 12.9. The van der Waals surface area contributed by atoms with Crippen molar-refractivity contribution in [1.82, 2.24) is 4.90 Å². The third-order valence-electron chi connectivity index (χ3n) is 3.57. The molecule has 2 amide bonds. The van der Waals surface area contributed by atoms with Crippen LogP contribution in [-0.2, 0) is 11.0 Å². The van der Waals surface area contributed by atoms with Gasteiger partial charge in [0.2, 0.25) is 0 Å². The Morgan fingerprint density at radius 3 is 2.54 bits per heavy atom. The summed E-state index contributed by atoms with van der Waals surface area (Å²) in [5, 5.41) is 21.7. The van der Waals surface area contributed by atoms with Crippen molar-refractivity contribution in [3.63, 3.8) is 0 Å². The lowest BCUT2D eigenvalue weighted by Gasteiger charge is -2.17. The summed E-state index contributed by atoms with van der Waals surface area (Å²) in [5.74, 6) is -1.78. The first kappa shape index (κ1) is 17.5. The number of aliphatic carboxylic acids is 1. The molecule has 11 heteroatoms. The lowest BCUT2D eigenvalue weighted by atomic mass is 10.1. The summed E-state index contributed by atoms with van der Waals surface area (Å²) in [6.07, 6.45) is -4.71. The molecule has 130 valence electrons. The predicted octanol–water partition coefficient (Wildman–Crippen LogP) is 2.55. The van der Waals surface area contributed by atoms with E-state index < -0.39 is 40.3 Å². The molecule has 1 aliphatic heterocycles. The van der Waals surface area contributed by atoms with Gasteiger partial charge in [0.25, 0.3) is 5.69 Å². The van der Waals surface area contributed by atoms with Crippen LogP contribution in [0.15, 0.2) is 18.2 Å². The quantitative estimate of drug-likeness (QED) is 0.644. The Kier molecular flexibility index (Phi) is 4.62. The number of halogens is 3. The Balaban J connectivity index is 2.17. The summed E-state index contributed by atoms with van der Waals surface area (Å²) in [7, 11) is 0. The van der Waals surface area contributed by atoms with Crippen LogP contribution in [-0.4, -0.2) is 40.0 Å².